The second-order valence-corrected chi connectivity index (χ2v) is 8.03. The van der Waals surface area contributed by atoms with Gasteiger partial charge in [-0.2, -0.15) is 0 Å². The van der Waals surface area contributed by atoms with Gasteiger partial charge in [0.15, 0.2) is 0 Å². The number of carbonyl (C=O) groups excluding carboxylic acids is 1. The van der Waals surface area contributed by atoms with Crippen LogP contribution < -0.4 is 15.0 Å². The van der Waals surface area contributed by atoms with E-state index in [2.05, 4.69) is 27.2 Å². The van der Waals surface area contributed by atoms with Crippen LogP contribution in [0.2, 0.25) is 5.02 Å². The van der Waals surface area contributed by atoms with Gasteiger partial charge in [0, 0.05) is 49.0 Å². The van der Waals surface area contributed by atoms with E-state index >= 15 is 0 Å². The van der Waals surface area contributed by atoms with Gasteiger partial charge in [-0.05, 0) is 54.1 Å². The highest BCUT2D eigenvalue weighted by Gasteiger charge is 2.19. The van der Waals surface area contributed by atoms with E-state index < -0.39 is 0 Å². The van der Waals surface area contributed by atoms with Gasteiger partial charge in [0.25, 0.3) is 5.91 Å². The number of amides is 1. The van der Waals surface area contributed by atoms with Gasteiger partial charge in [-0.15, -0.1) is 0 Å². The third kappa shape index (κ3) is 5.37. The molecule has 0 radical (unpaired) electrons. The number of piperazine rings is 1. The van der Waals surface area contributed by atoms with Crippen molar-refractivity contribution in [1.82, 2.24) is 4.90 Å². The summed E-state index contributed by atoms with van der Waals surface area (Å²) in [5, 5.41) is 3.54. The van der Waals surface area contributed by atoms with Crippen molar-refractivity contribution < 1.29 is 9.53 Å². The molecule has 5 nitrogen and oxygen atoms in total. The van der Waals surface area contributed by atoms with E-state index in [0.717, 1.165) is 49.8 Å². The zero-order valence-corrected chi connectivity index (χ0v) is 18.3. The lowest BCUT2D eigenvalue weighted by molar-refractivity contribution is 0.102. The van der Waals surface area contributed by atoms with Gasteiger partial charge in [-0.25, -0.2) is 0 Å². The fourth-order valence-corrected chi connectivity index (χ4v) is 3.92. The van der Waals surface area contributed by atoms with Crippen molar-refractivity contribution in [2.45, 2.75) is 6.54 Å². The largest absolute Gasteiger partial charge is 0.495 e. The molecule has 0 aromatic heterocycles. The van der Waals surface area contributed by atoms with Crippen molar-refractivity contribution in [3.63, 3.8) is 0 Å². The molecule has 1 aliphatic rings. The molecule has 0 atom stereocenters. The summed E-state index contributed by atoms with van der Waals surface area (Å²) in [6.07, 6.45) is 0. The van der Waals surface area contributed by atoms with E-state index in [1.165, 1.54) is 5.56 Å². The molecule has 31 heavy (non-hydrogen) atoms. The normalized spacial score (nSPS) is 14.3. The van der Waals surface area contributed by atoms with Gasteiger partial charge in [-0.3, -0.25) is 9.69 Å². The molecule has 160 valence electrons. The number of nitrogens with zero attached hydrogens (tertiary/aromatic N) is 2. The van der Waals surface area contributed by atoms with Crippen LogP contribution in [-0.4, -0.2) is 44.1 Å². The number of benzene rings is 3. The second-order valence-electron chi connectivity index (χ2n) is 7.59. The maximum absolute atomic E-state index is 12.5. The number of rotatable bonds is 6. The molecule has 0 unspecified atom stereocenters. The second kappa shape index (κ2) is 9.86. The Hall–Kier alpha value is -3.02. The van der Waals surface area contributed by atoms with Crippen LogP contribution in [0.15, 0.2) is 72.8 Å². The summed E-state index contributed by atoms with van der Waals surface area (Å²) in [7, 11) is 1.72. The number of halogens is 1. The predicted molar refractivity (Wildman–Crippen MR) is 126 cm³/mol. The average molecular weight is 436 g/mol. The van der Waals surface area contributed by atoms with Crippen LogP contribution in [0.5, 0.6) is 5.75 Å². The van der Waals surface area contributed by atoms with Gasteiger partial charge < -0.3 is 15.0 Å². The Bertz CT molecular complexity index is 1010. The minimum atomic E-state index is -0.126. The van der Waals surface area contributed by atoms with E-state index in [0.29, 0.717) is 10.6 Å². The minimum absolute atomic E-state index is 0.126. The fourth-order valence-electron chi connectivity index (χ4n) is 3.79. The SMILES string of the molecule is COc1ccccc1N1CCN(Cc2ccc(C(=O)Nc3ccc(Cl)cc3)cc2)CC1. The van der Waals surface area contributed by atoms with Crippen LogP contribution >= 0.6 is 11.6 Å². The quantitative estimate of drug-likeness (QED) is 0.596. The van der Waals surface area contributed by atoms with E-state index in [-0.39, 0.29) is 5.91 Å². The van der Waals surface area contributed by atoms with Crippen molar-refractivity contribution in [2.75, 3.05) is 43.5 Å². The Morgan fingerprint density at radius 1 is 0.935 bits per heavy atom. The van der Waals surface area contributed by atoms with Gasteiger partial charge in [0.2, 0.25) is 0 Å². The van der Waals surface area contributed by atoms with Crippen molar-refractivity contribution in [3.8, 4) is 5.75 Å². The summed E-state index contributed by atoms with van der Waals surface area (Å²) in [4.78, 5) is 17.3. The van der Waals surface area contributed by atoms with Gasteiger partial charge >= 0.3 is 0 Å². The maximum Gasteiger partial charge on any atom is 0.255 e. The number of para-hydroxylation sites is 2. The summed E-state index contributed by atoms with van der Waals surface area (Å²) >= 11 is 5.89. The van der Waals surface area contributed by atoms with Crippen LogP contribution in [0.1, 0.15) is 15.9 Å². The Balaban J connectivity index is 1.30. The van der Waals surface area contributed by atoms with E-state index in [9.17, 15) is 4.79 Å². The molecule has 1 aliphatic heterocycles. The van der Waals surface area contributed by atoms with Crippen molar-refractivity contribution in [3.05, 3.63) is 88.9 Å². The van der Waals surface area contributed by atoms with Crippen molar-refractivity contribution >= 4 is 28.9 Å². The molecular formula is C25H26ClN3O2. The number of hydrogen-bond donors (Lipinski definition) is 1. The lowest BCUT2D eigenvalue weighted by Crippen LogP contribution is -2.46. The number of nitrogens with one attached hydrogen (secondary N) is 1. The molecule has 0 spiro atoms. The van der Waals surface area contributed by atoms with E-state index in [1.54, 1.807) is 31.4 Å². The highest BCUT2D eigenvalue weighted by atomic mass is 35.5. The lowest BCUT2D eigenvalue weighted by atomic mass is 10.1. The number of anilines is 2. The molecule has 3 aromatic rings. The number of methoxy groups -OCH3 is 1. The van der Waals surface area contributed by atoms with Crippen molar-refractivity contribution in [2.24, 2.45) is 0 Å². The van der Waals surface area contributed by atoms with Crippen LogP contribution in [0.4, 0.5) is 11.4 Å². The third-order valence-electron chi connectivity index (χ3n) is 5.52. The molecule has 3 aromatic carbocycles. The molecular weight excluding hydrogens is 410 g/mol. The minimum Gasteiger partial charge on any atom is -0.495 e. The zero-order chi connectivity index (χ0) is 21.6. The first-order chi connectivity index (χ1) is 15.1. The first kappa shape index (κ1) is 21.2. The molecule has 0 aliphatic carbocycles. The fraction of sp³-hybridized carbons (Fsp3) is 0.240. The van der Waals surface area contributed by atoms with Gasteiger partial charge in [0.05, 0.1) is 12.8 Å². The molecule has 1 fully saturated rings. The number of carbonyl (C=O) groups is 1. The topological polar surface area (TPSA) is 44.8 Å². The van der Waals surface area contributed by atoms with Gasteiger partial charge in [-0.1, -0.05) is 35.9 Å². The Morgan fingerprint density at radius 2 is 1.61 bits per heavy atom. The molecule has 1 saturated heterocycles. The highest BCUT2D eigenvalue weighted by molar-refractivity contribution is 6.30. The maximum atomic E-state index is 12.5. The first-order valence-corrected chi connectivity index (χ1v) is 10.8. The lowest BCUT2D eigenvalue weighted by Gasteiger charge is -2.36. The van der Waals surface area contributed by atoms with Crippen LogP contribution in [0.3, 0.4) is 0 Å². The third-order valence-corrected chi connectivity index (χ3v) is 5.77. The monoisotopic (exact) mass is 435 g/mol. The summed E-state index contributed by atoms with van der Waals surface area (Å²) in [6, 6.07) is 23.1. The summed E-state index contributed by atoms with van der Waals surface area (Å²) < 4.78 is 5.50. The number of hydrogen-bond acceptors (Lipinski definition) is 4. The summed E-state index contributed by atoms with van der Waals surface area (Å²) in [5.41, 5.74) is 3.72. The van der Waals surface area contributed by atoms with E-state index in [4.69, 9.17) is 16.3 Å². The Labute approximate surface area is 188 Å². The average Bonchev–Trinajstić information content (AvgIpc) is 2.81. The molecule has 4 rings (SSSR count). The van der Waals surface area contributed by atoms with Crippen LogP contribution in [-0.2, 0) is 6.54 Å². The van der Waals surface area contributed by atoms with Crippen molar-refractivity contribution in [1.29, 1.82) is 0 Å². The standard InChI is InChI=1S/C25H26ClN3O2/c1-31-24-5-3-2-4-23(24)29-16-14-28(15-17-29)18-19-6-8-20(9-7-19)25(30)27-22-12-10-21(26)11-13-22/h2-13H,14-18H2,1H3,(H,27,30). The molecule has 1 heterocycles. The summed E-state index contributed by atoms with van der Waals surface area (Å²) in [6.45, 7) is 4.76. The van der Waals surface area contributed by atoms with Gasteiger partial charge in [0.1, 0.15) is 5.75 Å². The predicted octanol–water partition coefficient (Wildman–Crippen LogP) is 4.92. The smallest absolute Gasteiger partial charge is 0.255 e. The zero-order valence-electron chi connectivity index (χ0n) is 17.6. The summed E-state index contributed by atoms with van der Waals surface area (Å²) in [5.74, 6) is 0.794. The van der Waals surface area contributed by atoms with Crippen LogP contribution in [0.25, 0.3) is 0 Å². The molecule has 0 bridgehead atoms. The Morgan fingerprint density at radius 3 is 2.29 bits per heavy atom. The Kier molecular flexibility index (Phi) is 6.75. The molecule has 1 amide bonds. The molecule has 0 saturated carbocycles. The number of ether oxygens (including phenoxy) is 1. The first-order valence-electron chi connectivity index (χ1n) is 10.4. The highest BCUT2D eigenvalue weighted by Crippen LogP contribution is 2.28. The molecule has 1 N–H and O–H groups in total. The van der Waals surface area contributed by atoms with E-state index in [1.807, 2.05) is 36.4 Å². The van der Waals surface area contributed by atoms with Crippen LogP contribution in [0, 0.1) is 0 Å². The molecule has 6 heteroatoms.